The van der Waals surface area contributed by atoms with E-state index in [9.17, 15) is 0 Å². The molecule has 2 aliphatic heterocycles. The fourth-order valence-corrected chi connectivity index (χ4v) is 2.29. The molecule has 98 valence electrons. The summed E-state index contributed by atoms with van der Waals surface area (Å²) in [5.74, 6) is 1.59. The van der Waals surface area contributed by atoms with Gasteiger partial charge in [0.25, 0.3) is 0 Å². The van der Waals surface area contributed by atoms with Crippen LogP contribution < -0.4 is 9.47 Å². The van der Waals surface area contributed by atoms with Crippen LogP contribution in [0, 0.1) is 0 Å². The molecule has 4 rings (SSSR count). The van der Waals surface area contributed by atoms with Gasteiger partial charge in [-0.25, -0.2) is 4.99 Å². The molecule has 0 bridgehead atoms. The first kappa shape index (κ1) is 11.2. The highest BCUT2D eigenvalue weighted by atomic mass is 16.5. The van der Waals surface area contributed by atoms with E-state index >= 15 is 0 Å². The minimum Gasteiger partial charge on any atom is -0.485 e. The molecule has 0 radical (unpaired) electrons. The van der Waals surface area contributed by atoms with Crippen LogP contribution in [0.3, 0.4) is 0 Å². The fourth-order valence-electron chi connectivity index (χ4n) is 2.29. The van der Waals surface area contributed by atoms with Gasteiger partial charge in [-0.2, -0.15) is 0 Å². The number of aliphatic imine (C=N–C) groups is 2. The Bertz CT molecular complexity index is 722. The second-order valence-corrected chi connectivity index (χ2v) is 4.64. The molecule has 0 fully saturated rings. The number of ether oxygens (including phenoxy) is 2. The van der Waals surface area contributed by atoms with Crippen LogP contribution in [0.25, 0.3) is 0 Å². The van der Waals surface area contributed by atoms with Gasteiger partial charge in [0.1, 0.15) is 35.2 Å². The molecule has 1 atom stereocenters. The number of para-hydroxylation sites is 4. The molecule has 1 unspecified atom stereocenters. The van der Waals surface area contributed by atoms with Crippen molar-refractivity contribution < 1.29 is 9.47 Å². The maximum atomic E-state index is 5.93. The van der Waals surface area contributed by atoms with E-state index in [4.69, 9.17) is 9.47 Å². The number of fused-ring (bicyclic) bond motifs is 2. The van der Waals surface area contributed by atoms with Crippen LogP contribution in [0.1, 0.15) is 0 Å². The Hall–Kier alpha value is -2.62. The van der Waals surface area contributed by atoms with E-state index in [1.165, 1.54) is 0 Å². The van der Waals surface area contributed by atoms with Crippen molar-refractivity contribution in [3.63, 3.8) is 0 Å². The zero-order valence-corrected chi connectivity index (χ0v) is 10.7. The third kappa shape index (κ3) is 1.86. The maximum absolute atomic E-state index is 5.93. The average Bonchev–Trinajstić information content (AvgIpc) is 2.54. The van der Waals surface area contributed by atoms with Crippen LogP contribution in [0.5, 0.6) is 11.5 Å². The Morgan fingerprint density at radius 3 is 2.55 bits per heavy atom. The molecule has 20 heavy (non-hydrogen) atoms. The molecule has 2 heterocycles. The minimum atomic E-state index is -0.266. The summed E-state index contributed by atoms with van der Waals surface area (Å²) in [6.45, 7) is 0.426. The van der Waals surface area contributed by atoms with Crippen molar-refractivity contribution in [1.82, 2.24) is 0 Å². The highest BCUT2D eigenvalue weighted by Gasteiger charge is 2.24. The van der Waals surface area contributed by atoms with Crippen molar-refractivity contribution in [2.75, 3.05) is 6.61 Å². The molecular formula is C16H12N2O2. The lowest BCUT2D eigenvalue weighted by Gasteiger charge is -2.24. The Morgan fingerprint density at radius 2 is 1.65 bits per heavy atom. The Balaban J connectivity index is 1.67. The molecule has 0 spiro atoms. The van der Waals surface area contributed by atoms with Gasteiger partial charge in [0, 0.05) is 0 Å². The molecule has 2 aromatic carbocycles. The van der Waals surface area contributed by atoms with Crippen LogP contribution in [-0.2, 0) is 0 Å². The Kier molecular flexibility index (Phi) is 2.52. The molecule has 0 saturated heterocycles. The SMILES string of the molecule is C1=Nc2ccccc2OC1C1=Nc2ccccc2OC1. The predicted molar refractivity (Wildman–Crippen MR) is 78.0 cm³/mol. The molecule has 4 nitrogen and oxygen atoms in total. The van der Waals surface area contributed by atoms with E-state index in [0.717, 1.165) is 28.6 Å². The van der Waals surface area contributed by atoms with E-state index in [-0.39, 0.29) is 6.10 Å². The van der Waals surface area contributed by atoms with Crippen molar-refractivity contribution in [2.24, 2.45) is 9.98 Å². The number of nitrogens with zero attached hydrogens (tertiary/aromatic N) is 2. The maximum Gasteiger partial charge on any atom is 0.175 e. The van der Waals surface area contributed by atoms with Crippen LogP contribution in [-0.4, -0.2) is 24.6 Å². The Labute approximate surface area is 116 Å². The summed E-state index contributed by atoms with van der Waals surface area (Å²) in [6.07, 6.45) is 1.51. The van der Waals surface area contributed by atoms with E-state index in [1.54, 1.807) is 6.21 Å². The largest absolute Gasteiger partial charge is 0.485 e. The van der Waals surface area contributed by atoms with Gasteiger partial charge in [-0.3, -0.25) is 4.99 Å². The number of rotatable bonds is 1. The summed E-state index contributed by atoms with van der Waals surface area (Å²) >= 11 is 0. The molecule has 0 aromatic heterocycles. The summed E-state index contributed by atoms with van der Waals surface area (Å²) in [4.78, 5) is 9.04. The van der Waals surface area contributed by atoms with Crippen LogP contribution in [0.15, 0.2) is 58.5 Å². The summed E-state index contributed by atoms with van der Waals surface area (Å²) in [7, 11) is 0. The zero-order chi connectivity index (χ0) is 13.4. The summed E-state index contributed by atoms with van der Waals surface area (Å²) in [5, 5.41) is 0. The molecule has 4 heteroatoms. The lowest BCUT2D eigenvalue weighted by Crippen LogP contribution is -2.35. The molecule has 0 saturated carbocycles. The number of benzene rings is 2. The second kappa shape index (κ2) is 4.49. The van der Waals surface area contributed by atoms with Gasteiger partial charge in [0.05, 0.1) is 6.21 Å². The first-order chi connectivity index (χ1) is 9.90. The fraction of sp³-hybridized carbons (Fsp3) is 0.125. The first-order valence-electron chi connectivity index (χ1n) is 6.49. The normalized spacial score (nSPS) is 19.2. The van der Waals surface area contributed by atoms with Gasteiger partial charge < -0.3 is 9.47 Å². The third-order valence-corrected chi connectivity index (χ3v) is 3.30. The second-order valence-electron chi connectivity index (χ2n) is 4.64. The zero-order valence-electron chi connectivity index (χ0n) is 10.7. The average molecular weight is 264 g/mol. The highest BCUT2D eigenvalue weighted by molar-refractivity contribution is 6.06. The quantitative estimate of drug-likeness (QED) is 0.793. The number of hydrogen-bond acceptors (Lipinski definition) is 4. The molecular weight excluding hydrogens is 252 g/mol. The summed E-state index contributed by atoms with van der Waals surface area (Å²) in [5.41, 5.74) is 2.52. The van der Waals surface area contributed by atoms with E-state index in [2.05, 4.69) is 9.98 Å². The van der Waals surface area contributed by atoms with Gasteiger partial charge in [0.15, 0.2) is 6.10 Å². The van der Waals surface area contributed by atoms with Gasteiger partial charge in [0.2, 0.25) is 0 Å². The molecule has 2 aromatic rings. The lowest BCUT2D eigenvalue weighted by molar-refractivity contribution is 0.305. The highest BCUT2D eigenvalue weighted by Crippen LogP contribution is 2.33. The topological polar surface area (TPSA) is 43.2 Å². The predicted octanol–water partition coefficient (Wildman–Crippen LogP) is 3.32. The van der Waals surface area contributed by atoms with Crippen molar-refractivity contribution in [1.29, 1.82) is 0 Å². The van der Waals surface area contributed by atoms with Crippen molar-refractivity contribution in [3.8, 4) is 11.5 Å². The van der Waals surface area contributed by atoms with Crippen molar-refractivity contribution in [2.45, 2.75) is 6.10 Å². The number of hydrogen-bond donors (Lipinski definition) is 0. The lowest BCUT2D eigenvalue weighted by atomic mass is 10.1. The Morgan fingerprint density at radius 1 is 0.900 bits per heavy atom. The third-order valence-electron chi connectivity index (χ3n) is 3.30. The van der Waals surface area contributed by atoms with E-state index in [1.807, 2.05) is 48.5 Å². The van der Waals surface area contributed by atoms with Crippen molar-refractivity contribution >= 4 is 23.3 Å². The molecule has 2 aliphatic rings. The summed E-state index contributed by atoms with van der Waals surface area (Å²) < 4.78 is 11.6. The van der Waals surface area contributed by atoms with Gasteiger partial charge in [-0.1, -0.05) is 24.3 Å². The molecule has 0 N–H and O–H groups in total. The molecule has 0 amide bonds. The minimum absolute atomic E-state index is 0.266. The van der Waals surface area contributed by atoms with Crippen LogP contribution >= 0.6 is 0 Å². The van der Waals surface area contributed by atoms with Gasteiger partial charge >= 0.3 is 0 Å². The summed E-state index contributed by atoms with van der Waals surface area (Å²) in [6, 6.07) is 15.5. The first-order valence-corrected chi connectivity index (χ1v) is 6.49. The monoisotopic (exact) mass is 264 g/mol. The molecule has 0 aliphatic carbocycles. The van der Waals surface area contributed by atoms with E-state index < -0.39 is 0 Å². The van der Waals surface area contributed by atoms with Crippen LogP contribution in [0.4, 0.5) is 11.4 Å². The van der Waals surface area contributed by atoms with Crippen molar-refractivity contribution in [3.05, 3.63) is 48.5 Å². The van der Waals surface area contributed by atoms with Gasteiger partial charge in [-0.05, 0) is 24.3 Å². The van der Waals surface area contributed by atoms with E-state index in [0.29, 0.717) is 6.61 Å². The standard InChI is InChI=1S/C16H12N2O2/c1-4-8-15-11(5-1)17-9-16(20-15)13-10-19-14-7-3-2-6-12(14)18-13/h1-9,16H,10H2. The van der Waals surface area contributed by atoms with Gasteiger partial charge in [-0.15, -0.1) is 0 Å². The smallest absolute Gasteiger partial charge is 0.175 e. The van der Waals surface area contributed by atoms with Crippen LogP contribution in [0.2, 0.25) is 0 Å².